The number of benzene rings is 1. The summed E-state index contributed by atoms with van der Waals surface area (Å²) in [6.07, 6.45) is 7.04. The summed E-state index contributed by atoms with van der Waals surface area (Å²) in [4.78, 5) is 4.51. The summed E-state index contributed by atoms with van der Waals surface area (Å²) >= 11 is 0. The standard InChI is InChI=1S/C18H25N3/c1-13-8-9-17(16-7-5-11-20-18(13)16)21-14(2)12-15-6-3-4-10-19-15/h5,7-9,11,14-15,19,21H,3-4,6,10,12H2,1-2H3. The Balaban J connectivity index is 1.73. The van der Waals surface area contributed by atoms with Crippen molar-refractivity contribution in [2.24, 2.45) is 0 Å². The van der Waals surface area contributed by atoms with E-state index in [2.05, 4.69) is 47.7 Å². The Morgan fingerprint density at radius 2 is 2.24 bits per heavy atom. The summed E-state index contributed by atoms with van der Waals surface area (Å²) in [5, 5.41) is 8.53. The number of fused-ring (bicyclic) bond motifs is 1. The van der Waals surface area contributed by atoms with E-state index in [4.69, 9.17) is 0 Å². The van der Waals surface area contributed by atoms with Crippen molar-refractivity contribution in [2.45, 2.75) is 51.6 Å². The fourth-order valence-electron chi connectivity index (χ4n) is 3.32. The van der Waals surface area contributed by atoms with Crippen LogP contribution in [-0.2, 0) is 0 Å². The third-order valence-electron chi connectivity index (χ3n) is 4.42. The molecule has 2 N–H and O–H groups in total. The van der Waals surface area contributed by atoms with Crippen molar-refractivity contribution in [1.82, 2.24) is 10.3 Å². The molecule has 21 heavy (non-hydrogen) atoms. The minimum atomic E-state index is 0.465. The van der Waals surface area contributed by atoms with Gasteiger partial charge in [0.1, 0.15) is 0 Å². The van der Waals surface area contributed by atoms with Crippen LogP contribution in [-0.4, -0.2) is 23.6 Å². The van der Waals surface area contributed by atoms with E-state index < -0.39 is 0 Å². The second kappa shape index (κ2) is 6.44. The normalized spacial score (nSPS) is 20.4. The van der Waals surface area contributed by atoms with Gasteiger partial charge in [0.2, 0.25) is 0 Å². The van der Waals surface area contributed by atoms with Gasteiger partial charge in [-0.1, -0.05) is 12.5 Å². The predicted octanol–water partition coefficient (Wildman–Crippen LogP) is 3.88. The number of hydrogen-bond acceptors (Lipinski definition) is 3. The fraction of sp³-hybridized carbons (Fsp3) is 0.500. The van der Waals surface area contributed by atoms with Crippen molar-refractivity contribution < 1.29 is 0 Å². The molecule has 3 heteroatoms. The highest BCUT2D eigenvalue weighted by molar-refractivity contribution is 5.93. The van der Waals surface area contributed by atoms with E-state index in [1.54, 1.807) is 0 Å². The number of nitrogens with zero attached hydrogens (tertiary/aromatic N) is 1. The van der Waals surface area contributed by atoms with E-state index in [-0.39, 0.29) is 0 Å². The SMILES string of the molecule is Cc1ccc(NC(C)CC2CCCCN2)c2cccnc12. The number of piperidine rings is 1. The molecule has 0 spiro atoms. The number of pyridine rings is 1. The van der Waals surface area contributed by atoms with Gasteiger partial charge in [-0.2, -0.15) is 0 Å². The molecule has 2 heterocycles. The summed E-state index contributed by atoms with van der Waals surface area (Å²) in [7, 11) is 0. The second-order valence-electron chi connectivity index (χ2n) is 6.26. The van der Waals surface area contributed by atoms with E-state index in [1.807, 2.05) is 12.3 Å². The van der Waals surface area contributed by atoms with Crippen LogP contribution >= 0.6 is 0 Å². The molecule has 2 aromatic rings. The van der Waals surface area contributed by atoms with Gasteiger partial charge in [-0.25, -0.2) is 0 Å². The molecular weight excluding hydrogens is 258 g/mol. The van der Waals surface area contributed by atoms with Crippen LogP contribution in [0.15, 0.2) is 30.5 Å². The van der Waals surface area contributed by atoms with Crippen LogP contribution < -0.4 is 10.6 Å². The minimum absolute atomic E-state index is 0.465. The third kappa shape index (κ3) is 3.35. The quantitative estimate of drug-likeness (QED) is 0.894. The van der Waals surface area contributed by atoms with Crippen LogP contribution in [0.1, 0.15) is 38.2 Å². The molecule has 0 radical (unpaired) electrons. The highest BCUT2D eigenvalue weighted by Crippen LogP contribution is 2.26. The van der Waals surface area contributed by atoms with E-state index in [0.717, 1.165) is 5.52 Å². The molecule has 2 unspecified atom stereocenters. The molecule has 1 aliphatic heterocycles. The largest absolute Gasteiger partial charge is 0.382 e. The van der Waals surface area contributed by atoms with Gasteiger partial charge in [0, 0.05) is 29.4 Å². The average Bonchev–Trinajstić information content (AvgIpc) is 2.51. The molecular formula is C18H25N3. The summed E-state index contributed by atoms with van der Waals surface area (Å²) < 4.78 is 0. The summed E-state index contributed by atoms with van der Waals surface area (Å²) in [6.45, 7) is 5.57. The van der Waals surface area contributed by atoms with Crippen LogP contribution in [0.4, 0.5) is 5.69 Å². The minimum Gasteiger partial charge on any atom is -0.382 e. The van der Waals surface area contributed by atoms with Crippen LogP contribution in [0.5, 0.6) is 0 Å². The van der Waals surface area contributed by atoms with Gasteiger partial charge >= 0.3 is 0 Å². The summed E-state index contributed by atoms with van der Waals surface area (Å²) in [5.74, 6) is 0. The first-order chi connectivity index (χ1) is 10.2. The summed E-state index contributed by atoms with van der Waals surface area (Å²) in [6, 6.07) is 9.64. The zero-order valence-electron chi connectivity index (χ0n) is 13.0. The van der Waals surface area contributed by atoms with Crippen molar-refractivity contribution in [2.75, 3.05) is 11.9 Å². The topological polar surface area (TPSA) is 37.0 Å². The second-order valence-corrected chi connectivity index (χ2v) is 6.26. The van der Waals surface area contributed by atoms with Crippen molar-refractivity contribution in [3.8, 4) is 0 Å². The maximum absolute atomic E-state index is 4.51. The van der Waals surface area contributed by atoms with Gasteiger partial charge in [-0.05, 0) is 63.4 Å². The van der Waals surface area contributed by atoms with Crippen molar-refractivity contribution in [3.63, 3.8) is 0 Å². The molecule has 0 saturated carbocycles. The highest BCUT2D eigenvalue weighted by Gasteiger charge is 2.16. The molecule has 112 valence electrons. The molecule has 3 nitrogen and oxygen atoms in total. The zero-order chi connectivity index (χ0) is 14.7. The Kier molecular flexibility index (Phi) is 4.39. The van der Waals surface area contributed by atoms with Crippen molar-refractivity contribution in [1.29, 1.82) is 0 Å². The van der Waals surface area contributed by atoms with Crippen LogP contribution in [0.25, 0.3) is 10.9 Å². The first kappa shape index (κ1) is 14.3. The summed E-state index contributed by atoms with van der Waals surface area (Å²) in [5.41, 5.74) is 3.54. The fourth-order valence-corrected chi connectivity index (χ4v) is 3.32. The van der Waals surface area contributed by atoms with Gasteiger partial charge in [0.15, 0.2) is 0 Å². The van der Waals surface area contributed by atoms with Gasteiger partial charge < -0.3 is 10.6 Å². The zero-order valence-corrected chi connectivity index (χ0v) is 13.0. The van der Waals surface area contributed by atoms with Crippen LogP contribution in [0, 0.1) is 6.92 Å². The average molecular weight is 283 g/mol. The van der Waals surface area contributed by atoms with Crippen molar-refractivity contribution >= 4 is 16.6 Å². The molecule has 3 rings (SSSR count). The number of rotatable bonds is 4. The number of nitrogens with one attached hydrogen (secondary N) is 2. The van der Waals surface area contributed by atoms with Gasteiger partial charge in [0.25, 0.3) is 0 Å². The lowest BCUT2D eigenvalue weighted by molar-refractivity contribution is 0.371. The number of aryl methyl sites for hydroxylation is 1. The van der Waals surface area contributed by atoms with Crippen LogP contribution in [0.2, 0.25) is 0 Å². The third-order valence-corrected chi connectivity index (χ3v) is 4.42. The van der Waals surface area contributed by atoms with Crippen molar-refractivity contribution in [3.05, 3.63) is 36.0 Å². The molecule has 1 aliphatic rings. The molecule has 0 bridgehead atoms. The highest BCUT2D eigenvalue weighted by atomic mass is 15.0. The lowest BCUT2D eigenvalue weighted by Crippen LogP contribution is -2.37. The smallest absolute Gasteiger partial charge is 0.0751 e. The first-order valence-electron chi connectivity index (χ1n) is 8.08. The lowest BCUT2D eigenvalue weighted by atomic mass is 9.98. The molecule has 1 fully saturated rings. The predicted molar refractivity (Wildman–Crippen MR) is 89.8 cm³/mol. The molecule has 0 aliphatic carbocycles. The Morgan fingerprint density at radius 3 is 3.05 bits per heavy atom. The number of aromatic nitrogens is 1. The van der Waals surface area contributed by atoms with E-state index in [0.29, 0.717) is 12.1 Å². The van der Waals surface area contributed by atoms with E-state index >= 15 is 0 Å². The Morgan fingerprint density at radius 1 is 1.33 bits per heavy atom. The Labute approximate surface area is 127 Å². The maximum Gasteiger partial charge on any atom is 0.0751 e. The molecule has 0 amide bonds. The maximum atomic E-state index is 4.51. The van der Waals surface area contributed by atoms with E-state index in [1.165, 1.54) is 48.9 Å². The molecule has 1 saturated heterocycles. The van der Waals surface area contributed by atoms with Crippen LogP contribution in [0.3, 0.4) is 0 Å². The monoisotopic (exact) mass is 283 g/mol. The molecule has 2 atom stereocenters. The van der Waals surface area contributed by atoms with Gasteiger partial charge in [-0.3, -0.25) is 4.98 Å². The number of hydrogen-bond donors (Lipinski definition) is 2. The van der Waals surface area contributed by atoms with Gasteiger partial charge in [0.05, 0.1) is 5.52 Å². The lowest BCUT2D eigenvalue weighted by Gasteiger charge is -2.27. The molecule has 1 aromatic heterocycles. The Bertz CT molecular complexity index is 602. The Hall–Kier alpha value is -1.61. The number of anilines is 1. The first-order valence-corrected chi connectivity index (χ1v) is 8.08. The van der Waals surface area contributed by atoms with Gasteiger partial charge in [-0.15, -0.1) is 0 Å². The van der Waals surface area contributed by atoms with E-state index in [9.17, 15) is 0 Å². The molecule has 1 aromatic carbocycles.